The van der Waals surface area contributed by atoms with E-state index in [9.17, 15) is 9.59 Å². The Morgan fingerprint density at radius 3 is 2.23 bits per heavy atom. The number of carbonyl (C=O) groups is 2. The van der Waals surface area contributed by atoms with Crippen LogP contribution in [0.15, 0.2) is 48.5 Å². The van der Waals surface area contributed by atoms with Crippen LogP contribution in [-0.2, 0) is 22.6 Å². The van der Waals surface area contributed by atoms with Crippen molar-refractivity contribution in [3.8, 4) is 0 Å². The Kier molecular flexibility index (Phi) is 8.20. The van der Waals surface area contributed by atoms with Gasteiger partial charge < -0.3 is 20.0 Å². The van der Waals surface area contributed by atoms with E-state index in [4.69, 9.17) is 0 Å². The lowest BCUT2D eigenvalue weighted by Crippen LogP contribution is -3.28. The summed E-state index contributed by atoms with van der Waals surface area (Å²) in [7, 11) is 1.72. The van der Waals surface area contributed by atoms with E-state index < -0.39 is 0 Å². The predicted octanol–water partition coefficient (Wildman–Crippen LogP) is -0.0621. The van der Waals surface area contributed by atoms with Gasteiger partial charge in [-0.2, -0.15) is 0 Å². The number of quaternary nitrogens is 2. The number of aryl methyl sites for hydroxylation is 2. The molecule has 2 amide bonds. The SMILES string of the molecule is CCc1ccccc1NC(=O)CN(C)C(=O)C[NH+]1CC[NH+](Cc2ccccc2C)CC1. The fourth-order valence-electron chi connectivity index (χ4n) is 4.18. The van der Waals surface area contributed by atoms with Crippen molar-refractivity contribution in [3.05, 3.63) is 65.2 Å². The van der Waals surface area contributed by atoms with Crippen LogP contribution in [0.3, 0.4) is 0 Å². The highest BCUT2D eigenvalue weighted by molar-refractivity contribution is 5.95. The Bertz CT molecular complexity index is 891. The van der Waals surface area contributed by atoms with Crippen LogP contribution in [0, 0.1) is 6.92 Å². The number of carbonyl (C=O) groups excluding carboxylic acids is 2. The molecule has 0 aliphatic carbocycles. The Hall–Kier alpha value is -2.70. The number of hydrogen-bond acceptors (Lipinski definition) is 2. The molecule has 2 aromatic rings. The average molecular weight is 425 g/mol. The topological polar surface area (TPSA) is 58.3 Å². The second-order valence-electron chi connectivity index (χ2n) is 8.59. The number of hydrogen-bond donors (Lipinski definition) is 3. The summed E-state index contributed by atoms with van der Waals surface area (Å²) in [5, 5.41) is 2.94. The van der Waals surface area contributed by atoms with E-state index in [-0.39, 0.29) is 18.4 Å². The fraction of sp³-hybridized carbons (Fsp3) is 0.440. The van der Waals surface area contributed by atoms with Crippen molar-refractivity contribution in [1.82, 2.24) is 4.90 Å². The van der Waals surface area contributed by atoms with Crippen LogP contribution in [0.25, 0.3) is 0 Å². The third-order valence-electron chi connectivity index (χ3n) is 6.25. The van der Waals surface area contributed by atoms with Gasteiger partial charge in [0.2, 0.25) is 5.91 Å². The first-order chi connectivity index (χ1) is 15.0. The second-order valence-corrected chi connectivity index (χ2v) is 8.59. The van der Waals surface area contributed by atoms with Crippen LogP contribution in [0.2, 0.25) is 0 Å². The second kappa shape index (κ2) is 11.1. The van der Waals surface area contributed by atoms with Crippen molar-refractivity contribution in [1.29, 1.82) is 0 Å². The number of likely N-dealkylation sites (N-methyl/N-ethyl adjacent to an activating group) is 1. The van der Waals surface area contributed by atoms with Gasteiger partial charge in [-0.25, -0.2) is 0 Å². The van der Waals surface area contributed by atoms with Gasteiger partial charge in [-0.1, -0.05) is 49.4 Å². The van der Waals surface area contributed by atoms with Crippen LogP contribution in [0.1, 0.15) is 23.6 Å². The van der Waals surface area contributed by atoms with Crippen molar-refractivity contribution < 1.29 is 19.4 Å². The Morgan fingerprint density at radius 1 is 0.935 bits per heavy atom. The molecule has 0 saturated carbocycles. The predicted molar refractivity (Wildman–Crippen MR) is 123 cm³/mol. The van der Waals surface area contributed by atoms with Crippen molar-refractivity contribution in [3.63, 3.8) is 0 Å². The van der Waals surface area contributed by atoms with E-state index in [0.29, 0.717) is 6.54 Å². The third-order valence-corrected chi connectivity index (χ3v) is 6.25. The zero-order valence-electron chi connectivity index (χ0n) is 19.0. The highest BCUT2D eigenvalue weighted by Gasteiger charge is 2.26. The molecular formula is C25H36N4O2+2. The molecule has 1 saturated heterocycles. The minimum absolute atomic E-state index is 0.0243. The third kappa shape index (κ3) is 6.64. The van der Waals surface area contributed by atoms with Crippen molar-refractivity contribution >= 4 is 17.5 Å². The molecule has 0 atom stereocenters. The van der Waals surface area contributed by atoms with Gasteiger partial charge in [0.1, 0.15) is 32.7 Å². The smallest absolute Gasteiger partial charge is 0.277 e. The first-order valence-electron chi connectivity index (χ1n) is 11.3. The maximum absolute atomic E-state index is 12.7. The highest BCUT2D eigenvalue weighted by atomic mass is 16.2. The molecule has 0 radical (unpaired) electrons. The minimum Gasteiger partial charge on any atom is -0.332 e. The van der Waals surface area contributed by atoms with E-state index in [1.54, 1.807) is 16.8 Å². The maximum atomic E-state index is 12.7. The molecule has 166 valence electrons. The summed E-state index contributed by atoms with van der Waals surface area (Å²) >= 11 is 0. The van der Waals surface area contributed by atoms with Gasteiger partial charge in [-0.3, -0.25) is 9.59 Å². The summed E-state index contributed by atoms with van der Waals surface area (Å²) in [6.45, 7) is 9.90. The first-order valence-corrected chi connectivity index (χ1v) is 11.3. The molecule has 1 aliphatic heterocycles. The molecule has 0 unspecified atom stereocenters. The molecule has 2 aromatic carbocycles. The van der Waals surface area contributed by atoms with Crippen molar-refractivity contribution in [2.45, 2.75) is 26.8 Å². The zero-order valence-corrected chi connectivity index (χ0v) is 19.0. The molecule has 31 heavy (non-hydrogen) atoms. The average Bonchev–Trinajstić information content (AvgIpc) is 2.77. The van der Waals surface area contributed by atoms with Gasteiger partial charge in [-0.05, 0) is 30.5 Å². The molecule has 1 aliphatic rings. The van der Waals surface area contributed by atoms with Gasteiger partial charge in [0.25, 0.3) is 5.91 Å². The lowest BCUT2D eigenvalue weighted by atomic mass is 10.1. The molecular weight excluding hydrogens is 388 g/mol. The summed E-state index contributed by atoms with van der Waals surface area (Å²) < 4.78 is 0. The molecule has 3 N–H and O–H groups in total. The lowest BCUT2D eigenvalue weighted by molar-refractivity contribution is -1.02. The van der Waals surface area contributed by atoms with E-state index in [0.717, 1.165) is 50.4 Å². The van der Waals surface area contributed by atoms with Crippen LogP contribution in [0.5, 0.6) is 0 Å². The van der Waals surface area contributed by atoms with Gasteiger partial charge in [-0.15, -0.1) is 0 Å². The van der Waals surface area contributed by atoms with Crippen molar-refractivity contribution in [2.75, 3.05) is 51.6 Å². The van der Waals surface area contributed by atoms with Gasteiger partial charge >= 0.3 is 0 Å². The van der Waals surface area contributed by atoms with E-state index in [1.807, 2.05) is 24.3 Å². The Balaban J connectivity index is 1.42. The number of piperazine rings is 1. The summed E-state index contributed by atoms with van der Waals surface area (Å²) in [6.07, 6.45) is 0.854. The molecule has 6 nitrogen and oxygen atoms in total. The number of para-hydroxylation sites is 1. The highest BCUT2D eigenvalue weighted by Crippen LogP contribution is 2.15. The molecule has 1 fully saturated rings. The summed E-state index contributed by atoms with van der Waals surface area (Å²) in [5.41, 5.74) is 4.68. The quantitative estimate of drug-likeness (QED) is 0.556. The Labute approximate surface area is 185 Å². The number of benzene rings is 2. The number of nitrogens with one attached hydrogen (secondary N) is 3. The summed E-state index contributed by atoms with van der Waals surface area (Å²) in [4.78, 5) is 29.5. The first kappa shape index (κ1) is 23.0. The number of nitrogens with zero attached hydrogens (tertiary/aromatic N) is 1. The van der Waals surface area contributed by atoms with Crippen LogP contribution >= 0.6 is 0 Å². The minimum atomic E-state index is -0.153. The molecule has 0 spiro atoms. The summed E-state index contributed by atoms with van der Waals surface area (Å²) in [6, 6.07) is 16.4. The van der Waals surface area contributed by atoms with Crippen LogP contribution in [0.4, 0.5) is 5.69 Å². The number of amides is 2. The molecule has 0 bridgehead atoms. The normalized spacial score (nSPS) is 18.4. The van der Waals surface area contributed by atoms with E-state index in [1.165, 1.54) is 16.0 Å². The maximum Gasteiger partial charge on any atom is 0.277 e. The Morgan fingerprint density at radius 2 is 1.55 bits per heavy atom. The van der Waals surface area contributed by atoms with Gasteiger partial charge in [0.05, 0.1) is 6.54 Å². The summed E-state index contributed by atoms with van der Waals surface area (Å²) in [5.74, 6) is -0.129. The van der Waals surface area contributed by atoms with Crippen LogP contribution < -0.4 is 15.1 Å². The van der Waals surface area contributed by atoms with Gasteiger partial charge in [0.15, 0.2) is 6.54 Å². The molecule has 3 rings (SSSR count). The van der Waals surface area contributed by atoms with Crippen molar-refractivity contribution in [2.24, 2.45) is 0 Å². The molecule has 6 heteroatoms. The zero-order chi connectivity index (χ0) is 22.2. The largest absolute Gasteiger partial charge is 0.332 e. The number of anilines is 1. The van der Waals surface area contributed by atoms with Gasteiger partial charge in [0, 0.05) is 18.3 Å². The standard InChI is InChI=1S/C25H34N4O2/c1-4-21-10-7-8-12-23(21)26-24(30)18-27(3)25(31)19-29-15-13-28(14-16-29)17-22-11-6-5-9-20(22)2/h5-12H,4,13-19H2,1-3H3,(H,26,30)/p+2. The number of rotatable bonds is 8. The monoisotopic (exact) mass is 424 g/mol. The molecule has 1 heterocycles. The van der Waals surface area contributed by atoms with E-state index in [2.05, 4.69) is 43.4 Å². The lowest BCUT2D eigenvalue weighted by Gasteiger charge is -2.30. The molecule has 0 aromatic heterocycles. The fourth-order valence-corrected chi connectivity index (χ4v) is 4.18. The van der Waals surface area contributed by atoms with E-state index >= 15 is 0 Å². The van der Waals surface area contributed by atoms with Crippen LogP contribution in [-0.4, -0.2) is 63.0 Å².